The van der Waals surface area contributed by atoms with Gasteiger partial charge in [-0.25, -0.2) is 0 Å². The Morgan fingerprint density at radius 2 is 2.35 bits per heavy atom. The van der Waals surface area contributed by atoms with Crippen LogP contribution in [0.4, 0.5) is 5.69 Å². The van der Waals surface area contributed by atoms with Gasteiger partial charge >= 0.3 is 0 Å². The summed E-state index contributed by atoms with van der Waals surface area (Å²) in [5.41, 5.74) is 1.91. The third-order valence-corrected chi connectivity index (χ3v) is 4.26. The molecule has 1 aliphatic rings. The van der Waals surface area contributed by atoms with E-state index in [4.69, 9.17) is 0 Å². The van der Waals surface area contributed by atoms with Crippen molar-refractivity contribution in [3.63, 3.8) is 0 Å². The molecule has 1 atom stereocenters. The van der Waals surface area contributed by atoms with Crippen LogP contribution in [-0.4, -0.2) is 24.9 Å². The molecule has 2 amide bonds. The Hall–Kier alpha value is -1.62. The van der Waals surface area contributed by atoms with Gasteiger partial charge in [-0.05, 0) is 30.7 Å². The van der Waals surface area contributed by atoms with Crippen molar-refractivity contribution >= 4 is 33.4 Å². The van der Waals surface area contributed by atoms with Crippen LogP contribution in [0, 0.1) is 12.8 Å². The topological polar surface area (TPSA) is 49.4 Å². The number of halogens is 1. The molecule has 5 heteroatoms. The maximum Gasteiger partial charge on any atom is 0.227 e. The first-order chi connectivity index (χ1) is 9.52. The van der Waals surface area contributed by atoms with Crippen LogP contribution in [0.2, 0.25) is 0 Å². The molecule has 0 unspecified atom stereocenters. The third-order valence-electron chi connectivity index (χ3n) is 3.37. The van der Waals surface area contributed by atoms with E-state index in [1.807, 2.05) is 25.1 Å². The average molecular weight is 337 g/mol. The Bertz CT molecular complexity index is 557. The van der Waals surface area contributed by atoms with E-state index in [0.717, 1.165) is 15.7 Å². The SMILES string of the molecule is C=CCNC(=O)[C@@H]1CC(=O)N(c2ccc(Br)c(C)c2)C1. The lowest BCUT2D eigenvalue weighted by Gasteiger charge is -2.17. The van der Waals surface area contributed by atoms with Gasteiger partial charge in [0.2, 0.25) is 11.8 Å². The fourth-order valence-corrected chi connectivity index (χ4v) is 2.49. The van der Waals surface area contributed by atoms with Gasteiger partial charge in [0.25, 0.3) is 0 Å². The number of amides is 2. The highest BCUT2D eigenvalue weighted by molar-refractivity contribution is 9.10. The van der Waals surface area contributed by atoms with Crippen LogP contribution in [0.15, 0.2) is 35.3 Å². The van der Waals surface area contributed by atoms with Crippen LogP contribution in [0.5, 0.6) is 0 Å². The second-order valence-electron chi connectivity index (χ2n) is 4.87. The molecule has 1 heterocycles. The molecule has 0 aliphatic carbocycles. The van der Waals surface area contributed by atoms with Crippen LogP contribution >= 0.6 is 15.9 Å². The Kier molecular flexibility index (Phi) is 4.60. The summed E-state index contributed by atoms with van der Waals surface area (Å²) in [6.07, 6.45) is 1.89. The maximum atomic E-state index is 12.1. The number of aryl methyl sites for hydroxylation is 1. The molecule has 0 spiro atoms. The molecular weight excluding hydrogens is 320 g/mol. The van der Waals surface area contributed by atoms with E-state index in [0.29, 0.717) is 13.1 Å². The van der Waals surface area contributed by atoms with Gasteiger partial charge in [-0.3, -0.25) is 9.59 Å². The smallest absolute Gasteiger partial charge is 0.227 e. The van der Waals surface area contributed by atoms with Gasteiger partial charge in [0.15, 0.2) is 0 Å². The lowest BCUT2D eigenvalue weighted by Crippen LogP contribution is -2.33. The van der Waals surface area contributed by atoms with Gasteiger partial charge < -0.3 is 10.2 Å². The molecule has 1 aromatic rings. The Morgan fingerprint density at radius 3 is 3.00 bits per heavy atom. The van der Waals surface area contributed by atoms with E-state index in [9.17, 15) is 9.59 Å². The molecule has 1 aromatic carbocycles. The number of nitrogens with one attached hydrogen (secondary N) is 1. The van der Waals surface area contributed by atoms with Crippen molar-refractivity contribution in [1.29, 1.82) is 0 Å². The van der Waals surface area contributed by atoms with Gasteiger partial charge in [0, 0.05) is 29.7 Å². The minimum absolute atomic E-state index is 0.00882. The van der Waals surface area contributed by atoms with Crippen LogP contribution < -0.4 is 10.2 Å². The van der Waals surface area contributed by atoms with Crippen molar-refractivity contribution in [1.82, 2.24) is 5.32 Å². The van der Waals surface area contributed by atoms with Crippen molar-refractivity contribution in [2.24, 2.45) is 5.92 Å². The number of hydrogen-bond donors (Lipinski definition) is 1. The Balaban J connectivity index is 2.10. The van der Waals surface area contributed by atoms with E-state index >= 15 is 0 Å². The Morgan fingerprint density at radius 1 is 1.60 bits per heavy atom. The number of carbonyl (C=O) groups excluding carboxylic acids is 2. The summed E-state index contributed by atoms with van der Waals surface area (Å²) >= 11 is 3.44. The van der Waals surface area contributed by atoms with Crippen molar-refractivity contribution in [2.75, 3.05) is 18.0 Å². The second kappa shape index (κ2) is 6.22. The number of rotatable bonds is 4. The number of hydrogen-bond acceptors (Lipinski definition) is 2. The zero-order valence-corrected chi connectivity index (χ0v) is 12.9. The predicted molar refractivity (Wildman–Crippen MR) is 82.5 cm³/mol. The molecule has 0 saturated carbocycles. The fourth-order valence-electron chi connectivity index (χ4n) is 2.25. The zero-order valence-electron chi connectivity index (χ0n) is 11.4. The van der Waals surface area contributed by atoms with Crippen molar-refractivity contribution in [3.8, 4) is 0 Å². The molecule has 1 fully saturated rings. The van der Waals surface area contributed by atoms with Crippen molar-refractivity contribution < 1.29 is 9.59 Å². The third kappa shape index (κ3) is 3.10. The standard InChI is InChI=1S/C15H17BrN2O2/c1-3-6-17-15(20)11-8-14(19)18(9-11)12-4-5-13(16)10(2)7-12/h3-5,7,11H,1,6,8-9H2,2H3,(H,17,20)/t11-/m1/s1. The Labute approximate surface area is 127 Å². The first-order valence-electron chi connectivity index (χ1n) is 6.48. The van der Waals surface area contributed by atoms with Crippen molar-refractivity contribution in [3.05, 3.63) is 40.9 Å². The summed E-state index contributed by atoms with van der Waals surface area (Å²) in [6.45, 7) is 6.40. The number of nitrogens with zero attached hydrogens (tertiary/aromatic N) is 1. The molecule has 1 aliphatic heterocycles. The minimum atomic E-state index is -0.286. The van der Waals surface area contributed by atoms with Crippen LogP contribution in [0.1, 0.15) is 12.0 Å². The van der Waals surface area contributed by atoms with Crippen LogP contribution in [0.3, 0.4) is 0 Å². The normalized spacial score (nSPS) is 18.2. The van der Waals surface area contributed by atoms with E-state index in [1.54, 1.807) is 11.0 Å². The largest absolute Gasteiger partial charge is 0.352 e. The number of anilines is 1. The molecule has 1 saturated heterocycles. The number of carbonyl (C=O) groups is 2. The zero-order chi connectivity index (χ0) is 14.7. The molecule has 1 N–H and O–H groups in total. The second-order valence-corrected chi connectivity index (χ2v) is 5.73. The summed E-state index contributed by atoms with van der Waals surface area (Å²) < 4.78 is 1.01. The highest BCUT2D eigenvalue weighted by Gasteiger charge is 2.34. The highest BCUT2D eigenvalue weighted by Crippen LogP contribution is 2.28. The highest BCUT2D eigenvalue weighted by atomic mass is 79.9. The van der Waals surface area contributed by atoms with Gasteiger partial charge in [-0.15, -0.1) is 6.58 Å². The number of benzene rings is 1. The van der Waals surface area contributed by atoms with E-state index in [-0.39, 0.29) is 24.2 Å². The summed E-state index contributed by atoms with van der Waals surface area (Å²) in [5.74, 6) is -0.383. The maximum absolute atomic E-state index is 12.1. The molecule has 0 aromatic heterocycles. The molecule has 0 radical (unpaired) electrons. The molecule has 2 rings (SSSR count). The molecule has 20 heavy (non-hydrogen) atoms. The summed E-state index contributed by atoms with van der Waals surface area (Å²) in [4.78, 5) is 25.7. The van der Waals surface area contributed by atoms with E-state index < -0.39 is 0 Å². The monoisotopic (exact) mass is 336 g/mol. The van der Waals surface area contributed by atoms with Crippen LogP contribution in [-0.2, 0) is 9.59 Å². The van der Waals surface area contributed by atoms with Crippen LogP contribution in [0.25, 0.3) is 0 Å². The van der Waals surface area contributed by atoms with E-state index in [2.05, 4.69) is 27.8 Å². The summed E-state index contributed by atoms with van der Waals surface area (Å²) in [5, 5.41) is 2.74. The molecule has 4 nitrogen and oxygen atoms in total. The first-order valence-corrected chi connectivity index (χ1v) is 7.27. The fraction of sp³-hybridized carbons (Fsp3) is 0.333. The van der Waals surface area contributed by atoms with Gasteiger partial charge in [0.1, 0.15) is 0 Å². The van der Waals surface area contributed by atoms with Gasteiger partial charge in [-0.1, -0.05) is 22.0 Å². The average Bonchev–Trinajstić information content (AvgIpc) is 2.81. The predicted octanol–water partition coefficient (Wildman–Crippen LogP) is 2.41. The molecular formula is C15H17BrN2O2. The quantitative estimate of drug-likeness (QED) is 0.858. The summed E-state index contributed by atoms with van der Waals surface area (Å²) in [7, 11) is 0. The first kappa shape index (κ1) is 14.8. The summed E-state index contributed by atoms with van der Waals surface area (Å²) in [6, 6.07) is 5.76. The van der Waals surface area contributed by atoms with Gasteiger partial charge in [-0.2, -0.15) is 0 Å². The lowest BCUT2D eigenvalue weighted by molar-refractivity contribution is -0.126. The molecule has 0 bridgehead atoms. The molecule has 106 valence electrons. The minimum Gasteiger partial charge on any atom is -0.352 e. The van der Waals surface area contributed by atoms with Gasteiger partial charge in [0.05, 0.1) is 5.92 Å². The lowest BCUT2D eigenvalue weighted by atomic mass is 10.1. The van der Waals surface area contributed by atoms with Crippen molar-refractivity contribution in [2.45, 2.75) is 13.3 Å². The van der Waals surface area contributed by atoms with E-state index in [1.165, 1.54) is 0 Å².